The van der Waals surface area contributed by atoms with E-state index in [-0.39, 0.29) is 5.04 Å². The van der Waals surface area contributed by atoms with Crippen LogP contribution in [-0.4, -0.2) is 43.3 Å². The molecule has 0 unspecified atom stereocenters. The summed E-state index contributed by atoms with van der Waals surface area (Å²) < 4.78 is 36.6. The van der Waals surface area contributed by atoms with Gasteiger partial charge in [0.1, 0.15) is 12.2 Å². The monoisotopic (exact) mass is 535 g/mol. The van der Waals surface area contributed by atoms with Gasteiger partial charge in [0.2, 0.25) is 0 Å². The summed E-state index contributed by atoms with van der Waals surface area (Å²) in [5.74, 6) is -0.804. The highest BCUT2D eigenvalue weighted by Gasteiger charge is 2.51. The molecule has 7 heteroatoms. The maximum atomic E-state index is 12.8. The van der Waals surface area contributed by atoms with Crippen LogP contribution in [0.15, 0.2) is 94.2 Å². The first-order valence-corrected chi connectivity index (χ1v) is 15.7. The third kappa shape index (κ3) is 6.18. The molecule has 1 aliphatic rings. The maximum absolute atomic E-state index is 12.8. The van der Waals surface area contributed by atoms with Gasteiger partial charge in [0.05, 0.1) is 11.5 Å². The molecule has 4 rings (SSSR count). The van der Waals surface area contributed by atoms with Gasteiger partial charge in [-0.2, -0.15) is 4.40 Å². The van der Waals surface area contributed by atoms with Gasteiger partial charge in [-0.3, -0.25) is 0 Å². The van der Waals surface area contributed by atoms with E-state index in [2.05, 4.69) is 73.7 Å². The van der Waals surface area contributed by atoms with E-state index in [4.69, 9.17) is 13.9 Å². The molecule has 1 heterocycles. The molecule has 1 saturated heterocycles. The zero-order valence-electron chi connectivity index (χ0n) is 22.5. The van der Waals surface area contributed by atoms with Crippen LogP contribution in [0, 0.1) is 6.92 Å². The van der Waals surface area contributed by atoms with Crippen LogP contribution in [0.25, 0.3) is 0 Å². The highest BCUT2D eigenvalue weighted by molar-refractivity contribution is 7.83. The molecule has 0 amide bonds. The molecule has 3 aromatic carbocycles. The van der Waals surface area contributed by atoms with Crippen LogP contribution in [0.1, 0.15) is 40.2 Å². The van der Waals surface area contributed by atoms with Gasteiger partial charge in [0.25, 0.3) is 8.32 Å². The zero-order chi connectivity index (χ0) is 26.7. The van der Waals surface area contributed by atoms with Crippen LogP contribution in [0.5, 0.6) is 0 Å². The second-order valence-corrected chi connectivity index (χ2v) is 16.4. The van der Waals surface area contributed by atoms with Crippen molar-refractivity contribution in [1.29, 1.82) is 0 Å². The molecule has 0 aliphatic carbocycles. The molecular weight excluding hydrogens is 498 g/mol. The third-order valence-corrected chi connectivity index (χ3v) is 12.6. The molecule has 3 atom stereocenters. The normalized spacial score (nSPS) is 20.8. The Kier molecular flexibility index (Phi) is 8.31. The van der Waals surface area contributed by atoms with E-state index in [1.54, 1.807) is 6.21 Å². The van der Waals surface area contributed by atoms with E-state index in [9.17, 15) is 4.21 Å². The molecule has 0 saturated carbocycles. The van der Waals surface area contributed by atoms with Crippen LogP contribution >= 0.6 is 0 Å². The van der Waals surface area contributed by atoms with E-state index in [0.717, 1.165) is 5.56 Å². The van der Waals surface area contributed by atoms with Crippen LogP contribution in [0.3, 0.4) is 0 Å². The first-order chi connectivity index (χ1) is 17.5. The Morgan fingerprint density at radius 2 is 1.46 bits per heavy atom. The number of nitrogens with zero attached hydrogens (tertiary/aromatic N) is 1. The van der Waals surface area contributed by atoms with Crippen molar-refractivity contribution in [1.82, 2.24) is 0 Å². The van der Waals surface area contributed by atoms with Gasteiger partial charge in [0.15, 0.2) is 16.8 Å². The first-order valence-electron chi connectivity index (χ1n) is 12.7. The Bertz CT molecular complexity index is 1180. The average molecular weight is 536 g/mol. The summed E-state index contributed by atoms with van der Waals surface area (Å²) in [5, 5.41) is 2.26. The quantitative estimate of drug-likeness (QED) is 0.294. The summed E-state index contributed by atoms with van der Waals surface area (Å²) in [6.07, 6.45) is 0.738. The summed E-state index contributed by atoms with van der Waals surface area (Å²) in [6, 6.07) is 28.6. The van der Waals surface area contributed by atoms with Crippen LogP contribution in [0.2, 0.25) is 5.04 Å². The molecular formula is C30H37NO4SSi. The lowest BCUT2D eigenvalue weighted by molar-refractivity contribution is -0.144. The molecule has 1 fully saturated rings. The topological polar surface area (TPSA) is 57.1 Å². The smallest absolute Gasteiger partial charge is 0.261 e. The molecule has 0 spiro atoms. The second kappa shape index (κ2) is 11.1. The zero-order valence-corrected chi connectivity index (χ0v) is 24.3. The van der Waals surface area contributed by atoms with Crippen molar-refractivity contribution >= 4 is 35.9 Å². The SMILES string of the molecule is Cc1ccc([S@](=O)/N=C/[C@@H]2OC(C)(C)O[C@H]2CO[Si](c2ccccc2)(c2ccccc2)C(C)(C)C)cc1. The fourth-order valence-corrected chi connectivity index (χ4v) is 10.2. The summed E-state index contributed by atoms with van der Waals surface area (Å²) in [6.45, 7) is 12.8. The van der Waals surface area contributed by atoms with Gasteiger partial charge in [0, 0.05) is 6.21 Å². The Morgan fingerprint density at radius 3 is 1.97 bits per heavy atom. The minimum Gasteiger partial charge on any atom is -0.405 e. The number of hydrogen-bond donors (Lipinski definition) is 0. The molecule has 0 aromatic heterocycles. The predicted octanol–water partition coefficient (Wildman–Crippen LogP) is 5.19. The van der Waals surface area contributed by atoms with Crippen molar-refractivity contribution in [3.05, 3.63) is 90.5 Å². The van der Waals surface area contributed by atoms with Crippen molar-refractivity contribution in [2.24, 2.45) is 4.40 Å². The van der Waals surface area contributed by atoms with Gasteiger partial charge in [-0.05, 0) is 48.3 Å². The fourth-order valence-electron chi connectivity index (χ4n) is 4.92. The summed E-state index contributed by atoms with van der Waals surface area (Å²) in [5.41, 5.74) is 1.11. The minimum atomic E-state index is -2.74. The number of ether oxygens (including phenoxy) is 2. The Balaban J connectivity index is 1.63. The highest BCUT2D eigenvalue weighted by Crippen LogP contribution is 2.38. The van der Waals surface area contributed by atoms with Gasteiger partial charge < -0.3 is 13.9 Å². The standard InChI is InChI=1S/C30H37NO4SSi/c1-23-17-19-24(20-18-23)36(32)31-21-27-28(35-30(5,6)34-27)22-33-37(29(2,3)4,25-13-9-7-10-14-25)26-15-11-8-12-16-26/h7-21,27-28H,22H2,1-6H3/b31-21+/t27-,28-,36-/m0/s1. The number of benzene rings is 3. The van der Waals surface area contributed by atoms with Crippen molar-refractivity contribution in [3.63, 3.8) is 0 Å². The van der Waals surface area contributed by atoms with E-state index >= 15 is 0 Å². The maximum Gasteiger partial charge on any atom is 0.261 e. The minimum absolute atomic E-state index is 0.152. The lowest BCUT2D eigenvalue weighted by atomic mass is 10.2. The summed E-state index contributed by atoms with van der Waals surface area (Å²) in [4.78, 5) is 0.653. The van der Waals surface area contributed by atoms with E-state index < -0.39 is 37.3 Å². The molecule has 3 aromatic rings. The molecule has 0 radical (unpaired) electrons. The lowest BCUT2D eigenvalue weighted by Crippen LogP contribution is -2.67. The van der Waals surface area contributed by atoms with Gasteiger partial charge >= 0.3 is 0 Å². The summed E-state index contributed by atoms with van der Waals surface area (Å²) in [7, 11) is -4.26. The van der Waals surface area contributed by atoms with E-state index in [0.29, 0.717) is 11.5 Å². The fraction of sp³-hybridized carbons (Fsp3) is 0.367. The number of aryl methyl sites for hydroxylation is 1. The number of hydrogen-bond acceptors (Lipinski definition) is 4. The largest absolute Gasteiger partial charge is 0.405 e. The summed E-state index contributed by atoms with van der Waals surface area (Å²) >= 11 is 0. The average Bonchev–Trinajstić information content (AvgIpc) is 3.17. The molecule has 1 aliphatic heterocycles. The predicted molar refractivity (Wildman–Crippen MR) is 153 cm³/mol. The Hall–Kier alpha value is -2.42. The molecule has 0 bridgehead atoms. The number of rotatable bonds is 8. The lowest BCUT2D eigenvalue weighted by Gasteiger charge is -2.43. The Labute approximate surface area is 224 Å². The van der Waals surface area contributed by atoms with E-state index in [1.165, 1.54) is 10.4 Å². The molecule has 5 nitrogen and oxygen atoms in total. The van der Waals surface area contributed by atoms with Crippen molar-refractivity contribution in [3.8, 4) is 0 Å². The van der Waals surface area contributed by atoms with E-state index in [1.807, 2.05) is 57.2 Å². The van der Waals surface area contributed by atoms with Crippen LogP contribution in [0.4, 0.5) is 0 Å². The van der Waals surface area contributed by atoms with Crippen molar-refractivity contribution < 1.29 is 18.1 Å². The second-order valence-electron chi connectivity index (χ2n) is 10.9. The molecule has 37 heavy (non-hydrogen) atoms. The van der Waals surface area contributed by atoms with Crippen molar-refractivity contribution in [2.75, 3.05) is 6.61 Å². The molecule has 196 valence electrons. The first kappa shape index (κ1) is 27.6. The van der Waals surface area contributed by atoms with Gasteiger partial charge in [-0.15, -0.1) is 0 Å². The molecule has 0 N–H and O–H groups in total. The van der Waals surface area contributed by atoms with Gasteiger partial charge in [-0.25, -0.2) is 4.21 Å². The van der Waals surface area contributed by atoms with Crippen LogP contribution in [-0.2, 0) is 24.9 Å². The highest BCUT2D eigenvalue weighted by atomic mass is 32.2. The van der Waals surface area contributed by atoms with Crippen LogP contribution < -0.4 is 10.4 Å². The Morgan fingerprint density at radius 1 is 0.919 bits per heavy atom. The van der Waals surface area contributed by atoms with Gasteiger partial charge in [-0.1, -0.05) is 99.1 Å². The van der Waals surface area contributed by atoms with Crippen molar-refractivity contribution in [2.45, 2.75) is 69.5 Å². The third-order valence-electron chi connectivity index (χ3n) is 6.63.